The van der Waals surface area contributed by atoms with Crippen LogP contribution in [0.4, 0.5) is 4.79 Å². The molecule has 1 unspecified atom stereocenters. The van der Waals surface area contributed by atoms with Crippen molar-refractivity contribution in [2.75, 3.05) is 0 Å². The van der Waals surface area contributed by atoms with Crippen molar-refractivity contribution < 1.29 is 14.3 Å². The zero-order valence-electron chi connectivity index (χ0n) is 8.08. The molecule has 2 amide bonds. The molecule has 3 N–H and O–H groups in total. The SMILES string of the molecule is CCCC1C/C(=C/NC(N)=O)C(=O)O1. The van der Waals surface area contributed by atoms with Crippen molar-refractivity contribution in [1.82, 2.24) is 5.32 Å². The lowest BCUT2D eigenvalue weighted by Crippen LogP contribution is -2.25. The second-order valence-electron chi connectivity index (χ2n) is 3.20. The fraction of sp³-hybridized carbons (Fsp3) is 0.556. The number of hydrogen-bond acceptors (Lipinski definition) is 3. The molecule has 1 aliphatic rings. The number of nitrogens with one attached hydrogen (secondary N) is 1. The van der Waals surface area contributed by atoms with Crippen molar-refractivity contribution in [2.45, 2.75) is 32.3 Å². The van der Waals surface area contributed by atoms with Gasteiger partial charge in [0, 0.05) is 12.6 Å². The summed E-state index contributed by atoms with van der Waals surface area (Å²) in [5.41, 5.74) is 5.34. The molecular weight excluding hydrogens is 184 g/mol. The summed E-state index contributed by atoms with van der Waals surface area (Å²) in [4.78, 5) is 21.6. The Balaban J connectivity index is 2.51. The molecule has 1 heterocycles. The lowest BCUT2D eigenvalue weighted by Gasteiger charge is -2.04. The van der Waals surface area contributed by atoms with E-state index in [-0.39, 0.29) is 12.1 Å². The van der Waals surface area contributed by atoms with Crippen LogP contribution in [-0.4, -0.2) is 18.1 Å². The van der Waals surface area contributed by atoms with Gasteiger partial charge in [-0.15, -0.1) is 0 Å². The van der Waals surface area contributed by atoms with E-state index in [0.29, 0.717) is 12.0 Å². The standard InChI is InChI=1S/C9H14N2O3/c1-2-3-7-4-6(8(12)14-7)5-11-9(10)13/h5,7H,2-4H2,1H3,(H3,10,11,13)/b6-5-. The molecule has 0 aromatic carbocycles. The van der Waals surface area contributed by atoms with Gasteiger partial charge in [0.2, 0.25) is 0 Å². The van der Waals surface area contributed by atoms with E-state index in [9.17, 15) is 9.59 Å². The van der Waals surface area contributed by atoms with Gasteiger partial charge in [0.15, 0.2) is 0 Å². The van der Waals surface area contributed by atoms with Crippen molar-refractivity contribution in [3.05, 3.63) is 11.8 Å². The van der Waals surface area contributed by atoms with Gasteiger partial charge in [-0.25, -0.2) is 9.59 Å². The van der Waals surface area contributed by atoms with E-state index in [4.69, 9.17) is 10.5 Å². The average molecular weight is 198 g/mol. The highest BCUT2D eigenvalue weighted by molar-refractivity contribution is 5.91. The number of ether oxygens (including phenoxy) is 1. The first-order valence-electron chi connectivity index (χ1n) is 4.59. The Morgan fingerprint density at radius 2 is 2.50 bits per heavy atom. The third-order valence-corrected chi connectivity index (χ3v) is 1.98. The summed E-state index contributed by atoms with van der Waals surface area (Å²) >= 11 is 0. The zero-order valence-corrected chi connectivity index (χ0v) is 8.08. The molecule has 1 atom stereocenters. The number of hydrogen-bond donors (Lipinski definition) is 2. The quantitative estimate of drug-likeness (QED) is 0.516. The highest BCUT2D eigenvalue weighted by Crippen LogP contribution is 2.22. The van der Waals surface area contributed by atoms with Gasteiger partial charge in [0.1, 0.15) is 6.10 Å². The highest BCUT2D eigenvalue weighted by atomic mass is 16.5. The Hall–Kier alpha value is -1.52. The van der Waals surface area contributed by atoms with Crippen molar-refractivity contribution in [2.24, 2.45) is 5.73 Å². The normalized spacial score (nSPS) is 23.6. The molecule has 0 aromatic heterocycles. The summed E-state index contributed by atoms with van der Waals surface area (Å²) in [7, 11) is 0. The van der Waals surface area contributed by atoms with E-state index >= 15 is 0 Å². The molecule has 0 spiro atoms. The monoisotopic (exact) mass is 198 g/mol. The number of rotatable bonds is 3. The first-order valence-corrected chi connectivity index (χ1v) is 4.59. The predicted octanol–water partition coefficient (Wildman–Crippen LogP) is 0.654. The van der Waals surface area contributed by atoms with Gasteiger partial charge in [-0.3, -0.25) is 0 Å². The van der Waals surface area contributed by atoms with Gasteiger partial charge in [-0.1, -0.05) is 13.3 Å². The molecule has 0 saturated carbocycles. The number of amides is 2. The molecule has 78 valence electrons. The van der Waals surface area contributed by atoms with Gasteiger partial charge in [0.25, 0.3) is 0 Å². The van der Waals surface area contributed by atoms with Gasteiger partial charge < -0.3 is 15.8 Å². The van der Waals surface area contributed by atoms with E-state index in [1.54, 1.807) is 0 Å². The van der Waals surface area contributed by atoms with Crippen molar-refractivity contribution in [3.63, 3.8) is 0 Å². The van der Waals surface area contributed by atoms with E-state index in [1.165, 1.54) is 6.20 Å². The van der Waals surface area contributed by atoms with Crippen molar-refractivity contribution in [3.8, 4) is 0 Å². The Bertz CT molecular complexity index is 273. The maximum Gasteiger partial charge on any atom is 0.335 e. The Morgan fingerprint density at radius 3 is 3.07 bits per heavy atom. The minimum Gasteiger partial charge on any atom is -0.459 e. The second-order valence-corrected chi connectivity index (χ2v) is 3.20. The fourth-order valence-electron chi connectivity index (χ4n) is 1.36. The van der Waals surface area contributed by atoms with Crippen LogP contribution in [0.2, 0.25) is 0 Å². The number of urea groups is 1. The number of esters is 1. The van der Waals surface area contributed by atoms with Gasteiger partial charge in [-0.2, -0.15) is 0 Å². The summed E-state index contributed by atoms with van der Waals surface area (Å²) < 4.78 is 5.05. The van der Waals surface area contributed by atoms with Crippen LogP contribution in [0.3, 0.4) is 0 Å². The van der Waals surface area contributed by atoms with Crippen molar-refractivity contribution in [1.29, 1.82) is 0 Å². The molecule has 1 fully saturated rings. The summed E-state index contributed by atoms with van der Waals surface area (Å²) in [6.45, 7) is 2.03. The first-order chi connectivity index (χ1) is 6.63. The maximum absolute atomic E-state index is 11.2. The number of carbonyl (C=O) groups excluding carboxylic acids is 2. The summed E-state index contributed by atoms with van der Waals surface area (Å²) in [6, 6.07) is -0.677. The van der Waals surface area contributed by atoms with E-state index in [1.807, 2.05) is 6.92 Å². The van der Waals surface area contributed by atoms with Crippen LogP contribution in [0, 0.1) is 0 Å². The number of primary amides is 1. The fourth-order valence-corrected chi connectivity index (χ4v) is 1.36. The summed E-state index contributed by atoms with van der Waals surface area (Å²) in [5, 5.41) is 2.26. The highest BCUT2D eigenvalue weighted by Gasteiger charge is 2.27. The molecule has 1 rings (SSSR count). The lowest BCUT2D eigenvalue weighted by atomic mass is 10.1. The van der Waals surface area contributed by atoms with Gasteiger partial charge >= 0.3 is 12.0 Å². The number of cyclic esters (lactones) is 1. The van der Waals surface area contributed by atoms with Crippen LogP contribution in [0.15, 0.2) is 11.8 Å². The Labute approximate surface area is 82.3 Å². The minimum atomic E-state index is -0.677. The lowest BCUT2D eigenvalue weighted by molar-refractivity contribution is -0.139. The molecule has 5 nitrogen and oxygen atoms in total. The largest absolute Gasteiger partial charge is 0.459 e. The third kappa shape index (κ3) is 2.76. The minimum absolute atomic E-state index is 0.0478. The van der Waals surface area contributed by atoms with Crippen LogP contribution >= 0.6 is 0 Å². The van der Waals surface area contributed by atoms with Crippen LogP contribution in [-0.2, 0) is 9.53 Å². The molecular formula is C9H14N2O3. The second kappa shape index (κ2) is 4.64. The van der Waals surface area contributed by atoms with E-state index in [0.717, 1.165) is 12.8 Å². The van der Waals surface area contributed by atoms with Gasteiger partial charge in [0.05, 0.1) is 5.57 Å². The third-order valence-electron chi connectivity index (χ3n) is 1.98. The predicted molar refractivity (Wildman–Crippen MR) is 50.2 cm³/mol. The molecule has 0 aromatic rings. The van der Waals surface area contributed by atoms with E-state index < -0.39 is 6.03 Å². The van der Waals surface area contributed by atoms with Crippen molar-refractivity contribution >= 4 is 12.0 Å². The summed E-state index contributed by atoms with van der Waals surface area (Å²) in [5.74, 6) is -0.364. The average Bonchev–Trinajstić information content (AvgIpc) is 2.44. The van der Waals surface area contributed by atoms with Crippen LogP contribution < -0.4 is 11.1 Å². The molecule has 1 saturated heterocycles. The Morgan fingerprint density at radius 1 is 1.79 bits per heavy atom. The number of nitrogens with two attached hydrogens (primary N) is 1. The zero-order chi connectivity index (χ0) is 10.6. The molecule has 5 heteroatoms. The van der Waals surface area contributed by atoms with Crippen LogP contribution in [0.25, 0.3) is 0 Å². The molecule has 1 aliphatic heterocycles. The smallest absolute Gasteiger partial charge is 0.335 e. The summed E-state index contributed by atoms with van der Waals surface area (Å²) in [6.07, 6.45) is 3.63. The number of carbonyl (C=O) groups is 2. The molecule has 0 aliphatic carbocycles. The van der Waals surface area contributed by atoms with Gasteiger partial charge in [-0.05, 0) is 6.42 Å². The maximum atomic E-state index is 11.2. The first kappa shape index (κ1) is 10.6. The Kier molecular flexibility index (Phi) is 3.50. The molecule has 0 radical (unpaired) electrons. The molecule has 14 heavy (non-hydrogen) atoms. The van der Waals surface area contributed by atoms with Crippen LogP contribution in [0.5, 0.6) is 0 Å². The van der Waals surface area contributed by atoms with Crippen LogP contribution in [0.1, 0.15) is 26.2 Å². The molecule has 0 bridgehead atoms. The van der Waals surface area contributed by atoms with E-state index in [2.05, 4.69) is 5.32 Å². The topological polar surface area (TPSA) is 81.4 Å².